The number of hydrogen-bond donors (Lipinski definition) is 3. The third kappa shape index (κ3) is 1.18. The van der Waals surface area contributed by atoms with Crippen LogP contribution >= 0.6 is 11.3 Å². The quantitative estimate of drug-likeness (QED) is 0.623. The molecular weight excluding hydrogens is 200 g/mol. The summed E-state index contributed by atoms with van der Waals surface area (Å²) in [5, 5.41) is 9.50. The molecule has 1 aromatic carbocycles. The molecule has 5 heteroatoms. The van der Waals surface area contributed by atoms with E-state index < -0.39 is 5.97 Å². The number of aromatic carboxylic acids is 1. The summed E-state index contributed by atoms with van der Waals surface area (Å²) in [6.45, 7) is 0. The predicted molar refractivity (Wildman–Crippen MR) is 57.6 cm³/mol. The van der Waals surface area contributed by atoms with Crippen molar-refractivity contribution >= 4 is 38.8 Å². The predicted octanol–water partition coefficient (Wildman–Crippen LogP) is 1.76. The van der Waals surface area contributed by atoms with Gasteiger partial charge in [-0.25, -0.2) is 4.79 Å². The normalized spacial score (nSPS) is 10.6. The number of nitrogens with two attached hydrogens (primary N) is 2. The number of rotatable bonds is 1. The number of carboxylic acids is 1. The Bertz CT molecular complexity index is 519. The first-order chi connectivity index (χ1) is 6.59. The van der Waals surface area contributed by atoms with E-state index >= 15 is 0 Å². The molecule has 1 heterocycles. The first-order valence-corrected chi connectivity index (χ1v) is 4.72. The summed E-state index contributed by atoms with van der Waals surface area (Å²) in [4.78, 5) is 11.0. The largest absolute Gasteiger partial charge is 0.477 e. The molecule has 5 N–H and O–H groups in total. The number of carbonyl (C=O) groups is 1. The molecule has 0 amide bonds. The zero-order valence-corrected chi connectivity index (χ0v) is 7.97. The fraction of sp³-hybridized carbons (Fsp3) is 0. The maximum Gasteiger partial charge on any atom is 0.345 e. The van der Waals surface area contributed by atoms with Crippen molar-refractivity contribution < 1.29 is 9.90 Å². The number of fused-ring (bicyclic) bond motifs is 1. The van der Waals surface area contributed by atoms with Crippen LogP contribution in [0.3, 0.4) is 0 Å². The van der Waals surface area contributed by atoms with E-state index in [9.17, 15) is 4.79 Å². The second kappa shape index (κ2) is 2.88. The highest BCUT2D eigenvalue weighted by Gasteiger charge is 2.10. The van der Waals surface area contributed by atoms with Crippen molar-refractivity contribution in [3.05, 3.63) is 23.1 Å². The van der Waals surface area contributed by atoms with E-state index in [1.54, 1.807) is 18.2 Å². The lowest BCUT2D eigenvalue weighted by Crippen LogP contribution is -1.94. The molecule has 0 saturated carbocycles. The van der Waals surface area contributed by atoms with Gasteiger partial charge < -0.3 is 16.6 Å². The summed E-state index contributed by atoms with van der Waals surface area (Å²) in [6, 6.07) is 5.01. The van der Waals surface area contributed by atoms with Crippen LogP contribution in [0.4, 0.5) is 11.4 Å². The summed E-state index contributed by atoms with van der Waals surface area (Å²) in [5.41, 5.74) is 12.3. The standard InChI is InChI=1S/C9H8N2O2S/c10-5-1-2-6-4(8(5)11)3-7(14-6)9(12)13/h1-3H,10-11H2,(H,12,13). The number of hydrogen-bond acceptors (Lipinski definition) is 4. The van der Waals surface area contributed by atoms with Crippen molar-refractivity contribution in [2.75, 3.05) is 11.5 Å². The van der Waals surface area contributed by atoms with E-state index in [4.69, 9.17) is 16.6 Å². The number of anilines is 2. The summed E-state index contributed by atoms with van der Waals surface area (Å²) in [7, 11) is 0. The van der Waals surface area contributed by atoms with E-state index in [1.165, 1.54) is 11.3 Å². The van der Waals surface area contributed by atoms with Crippen LogP contribution in [0.1, 0.15) is 9.67 Å². The molecule has 0 aliphatic heterocycles. The number of nitrogen functional groups attached to an aromatic ring is 2. The Kier molecular flexibility index (Phi) is 1.82. The molecule has 14 heavy (non-hydrogen) atoms. The molecule has 0 spiro atoms. The lowest BCUT2D eigenvalue weighted by Gasteiger charge is -1.99. The van der Waals surface area contributed by atoms with E-state index in [0.29, 0.717) is 16.8 Å². The summed E-state index contributed by atoms with van der Waals surface area (Å²) >= 11 is 1.19. The lowest BCUT2D eigenvalue weighted by molar-refractivity contribution is 0.0702. The van der Waals surface area contributed by atoms with Gasteiger partial charge in [0, 0.05) is 10.1 Å². The van der Waals surface area contributed by atoms with E-state index in [0.717, 1.165) is 4.70 Å². The minimum Gasteiger partial charge on any atom is -0.477 e. The Morgan fingerprint density at radius 3 is 2.71 bits per heavy atom. The van der Waals surface area contributed by atoms with Crippen molar-refractivity contribution in [3.63, 3.8) is 0 Å². The average Bonchev–Trinajstić information content (AvgIpc) is 2.56. The Balaban J connectivity index is 2.77. The zero-order chi connectivity index (χ0) is 10.3. The molecular formula is C9H8N2O2S. The molecule has 2 aromatic rings. The van der Waals surface area contributed by atoms with Crippen LogP contribution in [-0.4, -0.2) is 11.1 Å². The van der Waals surface area contributed by atoms with Crippen molar-refractivity contribution in [2.45, 2.75) is 0 Å². The molecule has 72 valence electrons. The molecule has 0 aliphatic rings. The minimum atomic E-state index is -0.941. The van der Waals surface area contributed by atoms with Crippen LogP contribution in [-0.2, 0) is 0 Å². The highest BCUT2D eigenvalue weighted by molar-refractivity contribution is 7.20. The smallest absolute Gasteiger partial charge is 0.345 e. The summed E-state index contributed by atoms with van der Waals surface area (Å²) < 4.78 is 0.842. The second-order valence-electron chi connectivity index (χ2n) is 2.90. The van der Waals surface area contributed by atoms with Gasteiger partial charge >= 0.3 is 5.97 Å². The van der Waals surface area contributed by atoms with Crippen molar-refractivity contribution in [1.29, 1.82) is 0 Å². The molecule has 0 bridgehead atoms. The van der Waals surface area contributed by atoms with Gasteiger partial charge in [-0.1, -0.05) is 0 Å². The molecule has 0 saturated heterocycles. The van der Waals surface area contributed by atoms with E-state index in [2.05, 4.69) is 0 Å². The Hall–Kier alpha value is -1.75. The molecule has 4 nitrogen and oxygen atoms in total. The first-order valence-electron chi connectivity index (χ1n) is 3.90. The topological polar surface area (TPSA) is 89.3 Å². The fourth-order valence-electron chi connectivity index (χ4n) is 1.26. The van der Waals surface area contributed by atoms with Crippen LogP contribution < -0.4 is 11.5 Å². The Labute approximate surface area is 83.8 Å². The highest BCUT2D eigenvalue weighted by atomic mass is 32.1. The third-order valence-corrected chi connectivity index (χ3v) is 3.08. The molecule has 0 unspecified atom stereocenters. The van der Waals surface area contributed by atoms with Gasteiger partial charge in [-0.15, -0.1) is 11.3 Å². The van der Waals surface area contributed by atoms with Gasteiger partial charge in [-0.3, -0.25) is 0 Å². The maximum absolute atomic E-state index is 10.7. The highest BCUT2D eigenvalue weighted by Crippen LogP contribution is 2.33. The van der Waals surface area contributed by atoms with Crippen LogP contribution in [0.25, 0.3) is 10.1 Å². The van der Waals surface area contributed by atoms with Crippen LogP contribution in [0.5, 0.6) is 0 Å². The SMILES string of the molecule is Nc1ccc2sc(C(=O)O)cc2c1N. The summed E-state index contributed by atoms with van der Waals surface area (Å²) in [5.74, 6) is -0.941. The Morgan fingerprint density at radius 2 is 2.07 bits per heavy atom. The Morgan fingerprint density at radius 1 is 1.36 bits per heavy atom. The molecule has 0 fully saturated rings. The van der Waals surface area contributed by atoms with Gasteiger partial charge in [-0.05, 0) is 18.2 Å². The van der Waals surface area contributed by atoms with Crippen molar-refractivity contribution in [1.82, 2.24) is 0 Å². The first kappa shape index (κ1) is 8.83. The van der Waals surface area contributed by atoms with Gasteiger partial charge in [0.05, 0.1) is 11.4 Å². The second-order valence-corrected chi connectivity index (χ2v) is 3.98. The molecule has 0 aliphatic carbocycles. The number of benzene rings is 1. The molecule has 1 aromatic heterocycles. The van der Waals surface area contributed by atoms with Gasteiger partial charge in [0.15, 0.2) is 0 Å². The van der Waals surface area contributed by atoms with E-state index in [1.807, 2.05) is 0 Å². The number of carboxylic acid groups (broad SMARTS) is 1. The van der Waals surface area contributed by atoms with Crippen molar-refractivity contribution in [3.8, 4) is 0 Å². The van der Waals surface area contributed by atoms with Gasteiger partial charge in [0.2, 0.25) is 0 Å². The zero-order valence-electron chi connectivity index (χ0n) is 7.15. The minimum absolute atomic E-state index is 0.275. The molecule has 2 rings (SSSR count). The maximum atomic E-state index is 10.7. The number of thiophene rings is 1. The molecule has 0 atom stereocenters. The third-order valence-electron chi connectivity index (χ3n) is 1.99. The van der Waals surface area contributed by atoms with Gasteiger partial charge in [-0.2, -0.15) is 0 Å². The monoisotopic (exact) mass is 208 g/mol. The van der Waals surface area contributed by atoms with Crippen LogP contribution in [0.2, 0.25) is 0 Å². The fourth-order valence-corrected chi connectivity index (χ4v) is 2.17. The molecule has 0 radical (unpaired) electrons. The average molecular weight is 208 g/mol. The van der Waals surface area contributed by atoms with E-state index in [-0.39, 0.29) is 4.88 Å². The van der Waals surface area contributed by atoms with Gasteiger partial charge in [0.25, 0.3) is 0 Å². The summed E-state index contributed by atoms with van der Waals surface area (Å²) in [6.07, 6.45) is 0. The van der Waals surface area contributed by atoms with Crippen LogP contribution in [0.15, 0.2) is 18.2 Å². The lowest BCUT2D eigenvalue weighted by atomic mass is 10.2. The van der Waals surface area contributed by atoms with Crippen molar-refractivity contribution in [2.24, 2.45) is 0 Å². The van der Waals surface area contributed by atoms with Crippen LogP contribution in [0, 0.1) is 0 Å². The van der Waals surface area contributed by atoms with Gasteiger partial charge in [0.1, 0.15) is 4.88 Å².